The number of benzene rings is 2. The molecule has 0 heterocycles. The zero-order valence-electron chi connectivity index (χ0n) is 11.8. The van der Waals surface area contributed by atoms with E-state index in [4.69, 9.17) is 11.6 Å². The van der Waals surface area contributed by atoms with E-state index in [-0.39, 0.29) is 16.9 Å². The van der Waals surface area contributed by atoms with Crippen LogP contribution in [0.2, 0.25) is 5.02 Å². The van der Waals surface area contributed by atoms with E-state index in [0.29, 0.717) is 16.1 Å². The second-order valence-electron chi connectivity index (χ2n) is 5.82. The van der Waals surface area contributed by atoms with E-state index in [1.54, 1.807) is 42.5 Å². The topological polar surface area (TPSA) is 37.3 Å². The van der Waals surface area contributed by atoms with Gasteiger partial charge in [-0.05, 0) is 53.4 Å². The van der Waals surface area contributed by atoms with E-state index < -0.39 is 0 Å². The maximum atomic E-state index is 12.4. The molecule has 0 spiro atoms. The number of hydrogen-bond donors (Lipinski definition) is 1. The van der Waals surface area contributed by atoms with Gasteiger partial charge in [0, 0.05) is 16.1 Å². The van der Waals surface area contributed by atoms with Gasteiger partial charge in [0.15, 0.2) is 5.78 Å². The summed E-state index contributed by atoms with van der Waals surface area (Å²) in [5.41, 5.74) is 1.69. The van der Waals surface area contributed by atoms with Gasteiger partial charge in [0.05, 0.1) is 0 Å². The summed E-state index contributed by atoms with van der Waals surface area (Å²) < 4.78 is 0. The van der Waals surface area contributed by atoms with E-state index in [0.717, 1.165) is 5.56 Å². The SMILES string of the molecule is CC(C)(C)c1cc(C(=O)c2ccc(Cl)cc2)ccc1O. The minimum absolute atomic E-state index is 0.0767. The van der Waals surface area contributed by atoms with Crippen LogP contribution in [0.4, 0.5) is 0 Å². The van der Waals surface area contributed by atoms with Gasteiger partial charge in [0.25, 0.3) is 0 Å². The zero-order valence-corrected chi connectivity index (χ0v) is 12.5. The zero-order chi connectivity index (χ0) is 14.9. The number of phenolic OH excluding ortho intramolecular Hbond substituents is 1. The minimum atomic E-state index is -0.222. The third-order valence-electron chi connectivity index (χ3n) is 3.17. The van der Waals surface area contributed by atoms with Crippen LogP contribution in [0.3, 0.4) is 0 Å². The molecule has 2 nitrogen and oxygen atoms in total. The Hall–Kier alpha value is -1.80. The second kappa shape index (κ2) is 5.29. The summed E-state index contributed by atoms with van der Waals surface area (Å²) in [6, 6.07) is 11.8. The molecule has 2 rings (SSSR count). The Balaban J connectivity index is 2.43. The molecule has 0 atom stereocenters. The molecule has 20 heavy (non-hydrogen) atoms. The molecule has 0 radical (unpaired) electrons. The van der Waals surface area contributed by atoms with Gasteiger partial charge in [-0.25, -0.2) is 0 Å². The van der Waals surface area contributed by atoms with E-state index in [9.17, 15) is 9.90 Å². The number of aromatic hydroxyl groups is 1. The number of carbonyl (C=O) groups excluding carboxylic acids is 1. The smallest absolute Gasteiger partial charge is 0.193 e. The molecule has 0 saturated heterocycles. The van der Waals surface area contributed by atoms with Gasteiger partial charge in [-0.2, -0.15) is 0 Å². The van der Waals surface area contributed by atoms with Gasteiger partial charge in [-0.1, -0.05) is 32.4 Å². The van der Waals surface area contributed by atoms with E-state index in [2.05, 4.69) is 0 Å². The lowest BCUT2D eigenvalue weighted by molar-refractivity contribution is 0.103. The van der Waals surface area contributed by atoms with Gasteiger partial charge < -0.3 is 5.11 Å². The van der Waals surface area contributed by atoms with Crippen LogP contribution >= 0.6 is 11.6 Å². The van der Waals surface area contributed by atoms with Crippen LogP contribution in [0.15, 0.2) is 42.5 Å². The molecule has 2 aromatic carbocycles. The highest BCUT2D eigenvalue weighted by atomic mass is 35.5. The van der Waals surface area contributed by atoms with Crippen molar-refractivity contribution in [3.63, 3.8) is 0 Å². The van der Waals surface area contributed by atoms with Gasteiger partial charge in [-0.3, -0.25) is 4.79 Å². The molecule has 0 unspecified atom stereocenters. The van der Waals surface area contributed by atoms with Crippen molar-refractivity contribution in [1.29, 1.82) is 0 Å². The number of carbonyl (C=O) groups is 1. The highest BCUT2D eigenvalue weighted by molar-refractivity contribution is 6.30. The van der Waals surface area contributed by atoms with Crippen LogP contribution in [0.1, 0.15) is 42.3 Å². The summed E-state index contributed by atoms with van der Waals surface area (Å²) in [7, 11) is 0. The standard InChI is InChI=1S/C17H17ClO2/c1-17(2,3)14-10-12(6-9-15(14)19)16(20)11-4-7-13(18)8-5-11/h4-10,19H,1-3H3. The lowest BCUT2D eigenvalue weighted by Gasteiger charge is -2.21. The Bertz CT molecular complexity index is 637. The van der Waals surface area contributed by atoms with Gasteiger partial charge in [0.2, 0.25) is 0 Å². The number of ketones is 1. The summed E-state index contributed by atoms with van der Waals surface area (Å²) in [6.07, 6.45) is 0. The Labute approximate surface area is 124 Å². The van der Waals surface area contributed by atoms with Crippen molar-refractivity contribution in [3.8, 4) is 5.75 Å². The molecular weight excluding hydrogens is 272 g/mol. The average Bonchev–Trinajstić information content (AvgIpc) is 2.38. The van der Waals surface area contributed by atoms with Crippen LogP contribution in [0.5, 0.6) is 5.75 Å². The van der Waals surface area contributed by atoms with Crippen molar-refractivity contribution >= 4 is 17.4 Å². The van der Waals surface area contributed by atoms with Crippen molar-refractivity contribution in [2.75, 3.05) is 0 Å². The molecule has 0 amide bonds. The average molecular weight is 289 g/mol. The fraction of sp³-hybridized carbons (Fsp3) is 0.235. The Morgan fingerprint density at radius 2 is 1.55 bits per heavy atom. The first-order valence-corrected chi connectivity index (χ1v) is 6.80. The number of rotatable bonds is 2. The second-order valence-corrected chi connectivity index (χ2v) is 6.25. The Kier molecular flexibility index (Phi) is 3.87. The van der Waals surface area contributed by atoms with E-state index in [1.807, 2.05) is 20.8 Å². The fourth-order valence-corrected chi connectivity index (χ4v) is 2.17. The van der Waals surface area contributed by atoms with Crippen LogP contribution in [0, 0.1) is 0 Å². The maximum absolute atomic E-state index is 12.4. The van der Waals surface area contributed by atoms with Crippen molar-refractivity contribution < 1.29 is 9.90 Å². The van der Waals surface area contributed by atoms with Gasteiger partial charge >= 0.3 is 0 Å². The summed E-state index contributed by atoms with van der Waals surface area (Å²) in [5, 5.41) is 10.5. The molecule has 0 fully saturated rings. The molecular formula is C17H17ClO2. The first kappa shape index (κ1) is 14.6. The predicted octanol–water partition coefficient (Wildman–Crippen LogP) is 4.57. The molecule has 2 aromatic rings. The quantitative estimate of drug-likeness (QED) is 0.822. The van der Waals surface area contributed by atoms with E-state index >= 15 is 0 Å². The lowest BCUT2D eigenvalue weighted by Crippen LogP contribution is -2.13. The summed E-state index contributed by atoms with van der Waals surface area (Å²) in [4.78, 5) is 12.4. The molecule has 0 aliphatic carbocycles. The van der Waals surface area contributed by atoms with Crippen molar-refractivity contribution in [2.45, 2.75) is 26.2 Å². The normalized spacial score (nSPS) is 11.4. The third-order valence-corrected chi connectivity index (χ3v) is 3.43. The van der Waals surface area contributed by atoms with Crippen molar-refractivity contribution in [2.24, 2.45) is 0 Å². The Morgan fingerprint density at radius 3 is 2.10 bits per heavy atom. The third kappa shape index (κ3) is 3.02. The summed E-state index contributed by atoms with van der Waals surface area (Å²) in [5.74, 6) is 0.136. The van der Waals surface area contributed by atoms with Crippen LogP contribution < -0.4 is 0 Å². The molecule has 3 heteroatoms. The number of hydrogen-bond acceptors (Lipinski definition) is 2. The molecule has 0 bridgehead atoms. The lowest BCUT2D eigenvalue weighted by atomic mass is 9.84. The summed E-state index contributed by atoms with van der Waals surface area (Å²) in [6.45, 7) is 6.00. The summed E-state index contributed by atoms with van der Waals surface area (Å²) >= 11 is 5.82. The highest BCUT2D eigenvalue weighted by Crippen LogP contribution is 2.31. The first-order chi connectivity index (χ1) is 9.29. The molecule has 0 saturated carbocycles. The van der Waals surface area contributed by atoms with Crippen LogP contribution in [-0.4, -0.2) is 10.9 Å². The number of phenols is 1. The molecule has 0 aliphatic heterocycles. The molecule has 0 aromatic heterocycles. The molecule has 1 N–H and O–H groups in total. The largest absolute Gasteiger partial charge is 0.508 e. The van der Waals surface area contributed by atoms with Crippen LogP contribution in [0.25, 0.3) is 0 Å². The van der Waals surface area contributed by atoms with Gasteiger partial charge in [-0.15, -0.1) is 0 Å². The predicted molar refractivity (Wildman–Crippen MR) is 81.7 cm³/mol. The monoisotopic (exact) mass is 288 g/mol. The first-order valence-electron chi connectivity index (χ1n) is 6.43. The molecule has 0 aliphatic rings. The maximum Gasteiger partial charge on any atom is 0.193 e. The highest BCUT2D eigenvalue weighted by Gasteiger charge is 2.20. The number of halogens is 1. The van der Waals surface area contributed by atoms with Crippen molar-refractivity contribution in [3.05, 3.63) is 64.2 Å². The van der Waals surface area contributed by atoms with E-state index in [1.165, 1.54) is 0 Å². The molecule has 104 valence electrons. The fourth-order valence-electron chi connectivity index (χ4n) is 2.05. The van der Waals surface area contributed by atoms with Crippen molar-refractivity contribution in [1.82, 2.24) is 0 Å². The van der Waals surface area contributed by atoms with Gasteiger partial charge in [0.1, 0.15) is 5.75 Å². The minimum Gasteiger partial charge on any atom is -0.508 e. The van der Waals surface area contributed by atoms with Crippen LogP contribution in [-0.2, 0) is 5.41 Å². The Morgan fingerprint density at radius 1 is 1.00 bits per heavy atom.